The third-order valence-electron chi connectivity index (χ3n) is 4.25. The van der Waals surface area contributed by atoms with Crippen LogP contribution in [-0.2, 0) is 37.8 Å². The van der Waals surface area contributed by atoms with Crippen molar-refractivity contribution in [2.24, 2.45) is 0 Å². The molecule has 0 aromatic heterocycles. The number of nitrogens with zero attached hydrogens (tertiary/aromatic N) is 1. The van der Waals surface area contributed by atoms with E-state index in [4.69, 9.17) is 13.6 Å². The number of non-ortho nitro benzene ring substituents is 1. The van der Waals surface area contributed by atoms with Crippen molar-refractivity contribution in [1.82, 2.24) is 0 Å². The lowest BCUT2D eigenvalue weighted by Gasteiger charge is -2.18. The van der Waals surface area contributed by atoms with Gasteiger partial charge in [-0.2, -0.15) is 0 Å². The van der Waals surface area contributed by atoms with E-state index in [0.717, 1.165) is 16.7 Å². The molecule has 0 heterocycles. The van der Waals surface area contributed by atoms with Crippen molar-refractivity contribution in [3.05, 3.63) is 112 Å². The molecule has 0 aliphatic carbocycles. The summed E-state index contributed by atoms with van der Waals surface area (Å²) in [4.78, 5) is 10.3. The molecule has 7 nitrogen and oxygen atoms in total. The molecule has 0 saturated heterocycles. The lowest BCUT2D eigenvalue weighted by molar-refractivity contribution is -0.384. The maximum atomic E-state index is 13.1. The Balaban J connectivity index is 1.60. The van der Waals surface area contributed by atoms with Crippen molar-refractivity contribution >= 4 is 13.5 Å². The maximum absolute atomic E-state index is 13.1. The molecule has 3 rings (SSSR count). The molecule has 156 valence electrons. The SMILES string of the molecule is O=[N+]([O-])c1ccc(CCOP(=O)(OCc2ccccc2)OCc2ccccc2)cc1. The van der Waals surface area contributed by atoms with Crippen molar-refractivity contribution in [2.75, 3.05) is 6.61 Å². The molecule has 3 aromatic carbocycles. The van der Waals surface area contributed by atoms with Gasteiger partial charge in [0.25, 0.3) is 5.69 Å². The van der Waals surface area contributed by atoms with Crippen LogP contribution in [0.1, 0.15) is 16.7 Å². The van der Waals surface area contributed by atoms with Gasteiger partial charge >= 0.3 is 7.82 Å². The largest absolute Gasteiger partial charge is 0.475 e. The zero-order valence-corrected chi connectivity index (χ0v) is 17.1. The van der Waals surface area contributed by atoms with Crippen molar-refractivity contribution in [3.8, 4) is 0 Å². The van der Waals surface area contributed by atoms with Gasteiger partial charge in [-0.05, 0) is 23.1 Å². The fourth-order valence-electron chi connectivity index (χ4n) is 2.63. The highest BCUT2D eigenvalue weighted by Crippen LogP contribution is 2.51. The first-order chi connectivity index (χ1) is 14.5. The van der Waals surface area contributed by atoms with Crippen LogP contribution in [0.15, 0.2) is 84.9 Å². The van der Waals surface area contributed by atoms with Crippen LogP contribution in [0.5, 0.6) is 0 Å². The summed E-state index contributed by atoms with van der Waals surface area (Å²) in [6.07, 6.45) is 0.408. The standard InChI is InChI=1S/C22H22NO6P/c24-23(25)22-13-11-19(12-14-22)15-16-27-30(26,28-17-20-7-3-1-4-8-20)29-18-21-9-5-2-6-10-21/h1-14H,15-18H2. The van der Waals surface area contributed by atoms with Crippen LogP contribution in [0.3, 0.4) is 0 Å². The van der Waals surface area contributed by atoms with E-state index >= 15 is 0 Å². The lowest BCUT2D eigenvalue weighted by Crippen LogP contribution is -2.04. The molecule has 0 atom stereocenters. The van der Waals surface area contributed by atoms with Gasteiger partial charge in [0.05, 0.1) is 24.7 Å². The molecule has 0 fully saturated rings. The fraction of sp³-hybridized carbons (Fsp3) is 0.182. The molecule has 0 radical (unpaired) electrons. The topological polar surface area (TPSA) is 87.9 Å². The summed E-state index contributed by atoms with van der Waals surface area (Å²) in [6, 6.07) is 24.8. The molecular formula is C22H22NO6P. The first-order valence-electron chi connectivity index (χ1n) is 9.39. The second-order valence-electron chi connectivity index (χ2n) is 6.47. The van der Waals surface area contributed by atoms with Gasteiger partial charge in [-0.25, -0.2) is 4.57 Å². The third kappa shape index (κ3) is 6.90. The number of hydrogen-bond acceptors (Lipinski definition) is 6. The average molecular weight is 427 g/mol. The average Bonchev–Trinajstić information content (AvgIpc) is 2.78. The van der Waals surface area contributed by atoms with Crippen LogP contribution in [0.25, 0.3) is 0 Å². The highest BCUT2D eigenvalue weighted by Gasteiger charge is 2.27. The molecule has 0 N–H and O–H groups in total. The summed E-state index contributed by atoms with van der Waals surface area (Å²) in [7, 11) is -3.82. The highest BCUT2D eigenvalue weighted by molar-refractivity contribution is 7.48. The first-order valence-corrected chi connectivity index (χ1v) is 10.8. The van der Waals surface area contributed by atoms with Gasteiger partial charge < -0.3 is 0 Å². The van der Waals surface area contributed by atoms with E-state index in [0.29, 0.717) is 6.42 Å². The monoisotopic (exact) mass is 427 g/mol. The van der Waals surface area contributed by atoms with Crippen LogP contribution in [0.2, 0.25) is 0 Å². The molecular weight excluding hydrogens is 405 g/mol. The molecule has 0 saturated carbocycles. The molecule has 8 heteroatoms. The smallest absolute Gasteiger partial charge is 0.287 e. The van der Waals surface area contributed by atoms with Crippen molar-refractivity contribution in [2.45, 2.75) is 19.6 Å². The number of nitro benzene ring substituents is 1. The normalized spacial score (nSPS) is 11.3. The number of rotatable bonds is 11. The Hall–Kier alpha value is -2.83. The quantitative estimate of drug-likeness (QED) is 0.222. The number of phosphoric ester groups is 1. The van der Waals surface area contributed by atoms with Crippen LogP contribution < -0.4 is 0 Å². The predicted octanol–water partition coefficient (Wildman–Crippen LogP) is 5.70. The van der Waals surface area contributed by atoms with Gasteiger partial charge in [-0.15, -0.1) is 0 Å². The second kappa shape index (κ2) is 10.8. The number of phosphoric acid groups is 1. The van der Waals surface area contributed by atoms with Gasteiger partial charge in [0.1, 0.15) is 0 Å². The highest BCUT2D eigenvalue weighted by atomic mass is 31.2. The molecule has 0 aliphatic heterocycles. The van der Waals surface area contributed by atoms with Crippen LogP contribution in [0.4, 0.5) is 5.69 Å². The van der Waals surface area contributed by atoms with E-state index in [2.05, 4.69) is 0 Å². The van der Waals surface area contributed by atoms with Crippen molar-refractivity contribution in [3.63, 3.8) is 0 Å². The lowest BCUT2D eigenvalue weighted by atomic mass is 10.1. The predicted molar refractivity (Wildman–Crippen MR) is 113 cm³/mol. The Labute approximate surface area is 175 Å². The van der Waals surface area contributed by atoms with Crippen molar-refractivity contribution < 1.29 is 23.1 Å². The van der Waals surface area contributed by atoms with Crippen LogP contribution in [-0.4, -0.2) is 11.5 Å². The minimum absolute atomic E-state index is 0.0164. The number of hydrogen-bond donors (Lipinski definition) is 0. The molecule has 3 aromatic rings. The Kier molecular flexibility index (Phi) is 7.88. The number of nitro groups is 1. The van der Waals surface area contributed by atoms with Crippen molar-refractivity contribution in [1.29, 1.82) is 0 Å². The molecule has 0 aliphatic rings. The van der Waals surface area contributed by atoms with E-state index in [9.17, 15) is 14.7 Å². The summed E-state index contributed by atoms with van der Waals surface area (Å²) >= 11 is 0. The molecule has 30 heavy (non-hydrogen) atoms. The van der Waals surface area contributed by atoms with Gasteiger partial charge in [-0.1, -0.05) is 72.8 Å². The molecule has 0 amide bonds. The van der Waals surface area contributed by atoms with E-state index in [1.807, 2.05) is 60.7 Å². The zero-order chi connectivity index (χ0) is 21.2. The summed E-state index contributed by atoms with van der Waals surface area (Å²) in [5, 5.41) is 10.7. The third-order valence-corrected chi connectivity index (χ3v) is 5.64. The molecule has 0 bridgehead atoms. The summed E-state index contributed by atoms with van der Waals surface area (Å²) in [5.74, 6) is 0. The molecule has 0 spiro atoms. The van der Waals surface area contributed by atoms with Crippen LogP contribution >= 0.6 is 7.82 Å². The Bertz CT molecular complexity index is 932. The first kappa shape index (κ1) is 21.9. The zero-order valence-electron chi connectivity index (χ0n) is 16.3. The maximum Gasteiger partial charge on any atom is 0.475 e. The minimum atomic E-state index is -3.82. The summed E-state index contributed by atoms with van der Waals surface area (Å²) in [5.41, 5.74) is 2.53. The Morgan fingerprint density at radius 1 is 0.700 bits per heavy atom. The Morgan fingerprint density at radius 3 is 1.67 bits per heavy atom. The van der Waals surface area contributed by atoms with E-state index in [-0.39, 0.29) is 25.5 Å². The summed E-state index contributed by atoms with van der Waals surface area (Å²) < 4.78 is 29.8. The van der Waals surface area contributed by atoms with Gasteiger partial charge in [0.15, 0.2) is 0 Å². The van der Waals surface area contributed by atoms with E-state index < -0.39 is 12.7 Å². The minimum Gasteiger partial charge on any atom is -0.287 e. The van der Waals surface area contributed by atoms with E-state index in [1.165, 1.54) is 12.1 Å². The van der Waals surface area contributed by atoms with Gasteiger partial charge in [0, 0.05) is 12.1 Å². The van der Waals surface area contributed by atoms with Crippen LogP contribution in [0, 0.1) is 10.1 Å². The van der Waals surface area contributed by atoms with Gasteiger partial charge in [0.2, 0.25) is 0 Å². The Morgan fingerprint density at radius 2 is 1.20 bits per heavy atom. The van der Waals surface area contributed by atoms with E-state index in [1.54, 1.807) is 12.1 Å². The fourth-order valence-corrected chi connectivity index (χ4v) is 3.78. The molecule has 0 unspecified atom stereocenters. The summed E-state index contributed by atoms with van der Waals surface area (Å²) in [6.45, 7) is 0.257. The second-order valence-corrected chi connectivity index (χ2v) is 8.14. The number of benzene rings is 3. The van der Waals surface area contributed by atoms with Gasteiger partial charge in [-0.3, -0.25) is 23.7 Å².